The normalized spacial score (nSPS) is 11.5. The van der Waals surface area contributed by atoms with Gasteiger partial charge >= 0.3 is 0 Å². The van der Waals surface area contributed by atoms with Crippen molar-refractivity contribution >= 4 is 34.9 Å². The van der Waals surface area contributed by atoms with E-state index in [-0.39, 0.29) is 37.1 Å². The lowest BCUT2D eigenvalue weighted by Crippen LogP contribution is -2.15. The Balaban J connectivity index is 1.85. The van der Waals surface area contributed by atoms with Crippen LogP contribution in [0.1, 0.15) is 17.1 Å². The molecule has 0 unspecified atom stereocenters. The van der Waals surface area contributed by atoms with Crippen LogP contribution in [0, 0.1) is 11.2 Å². The van der Waals surface area contributed by atoms with Crippen molar-refractivity contribution in [2.45, 2.75) is 16.5 Å². The molecular formula is C21H22FN5O3S2. The summed E-state index contributed by atoms with van der Waals surface area (Å²) in [6.07, 6.45) is 4.52. The van der Waals surface area contributed by atoms with E-state index in [0.29, 0.717) is 33.5 Å². The van der Waals surface area contributed by atoms with Crippen molar-refractivity contribution in [1.82, 2.24) is 20.4 Å². The minimum Gasteiger partial charge on any atom is -0.396 e. The molecule has 0 aliphatic rings. The van der Waals surface area contributed by atoms with Gasteiger partial charge < -0.3 is 20.1 Å². The van der Waals surface area contributed by atoms with Crippen molar-refractivity contribution in [2.24, 2.45) is 0 Å². The smallest absolute Gasteiger partial charge is 0.178 e. The topological polar surface area (TPSA) is 128 Å². The van der Waals surface area contributed by atoms with Crippen LogP contribution in [0.5, 0.6) is 0 Å². The number of hydrogen-bond donors (Lipinski definition) is 4. The molecule has 1 aromatic carbocycles. The van der Waals surface area contributed by atoms with Gasteiger partial charge in [0.25, 0.3) is 0 Å². The third-order valence-electron chi connectivity index (χ3n) is 4.07. The Labute approximate surface area is 192 Å². The minimum atomic E-state index is -0.334. The molecular weight excluding hydrogens is 453 g/mol. The Morgan fingerprint density at radius 3 is 2.66 bits per heavy atom. The van der Waals surface area contributed by atoms with Crippen LogP contribution in [-0.4, -0.2) is 55.8 Å². The van der Waals surface area contributed by atoms with Gasteiger partial charge in [-0.1, -0.05) is 23.4 Å². The van der Waals surface area contributed by atoms with Gasteiger partial charge in [-0.2, -0.15) is 0 Å². The minimum absolute atomic E-state index is 0.0122. The van der Waals surface area contributed by atoms with Crippen LogP contribution in [0.25, 0.3) is 5.70 Å². The fourth-order valence-electron chi connectivity index (χ4n) is 2.59. The van der Waals surface area contributed by atoms with Gasteiger partial charge in [0.2, 0.25) is 0 Å². The summed E-state index contributed by atoms with van der Waals surface area (Å²) in [5.41, 5.74) is 1.40. The molecule has 32 heavy (non-hydrogen) atoms. The summed E-state index contributed by atoms with van der Waals surface area (Å²) in [6.45, 7) is 0.194. The number of allylic oxidation sites excluding steroid dienone is 1. The maximum atomic E-state index is 14.0. The summed E-state index contributed by atoms with van der Waals surface area (Å²) in [5, 5.41) is 34.4. The first-order valence-corrected chi connectivity index (χ1v) is 11.6. The largest absolute Gasteiger partial charge is 0.396 e. The highest BCUT2D eigenvalue weighted by Crippen LogP contribution is 2.28. The van der Waals surface area contributed by atoms with E-state index in [9.17, 15) is 4.39 Å². The molecule has 0 saturated heterocycles. The van der Waals surface area contributed by atoms with Crippen LogP contribution in [0.2, 0.25) is 0 Å². The van der Waals surface area contributed by atoms with E-state index in [4.69, 9.17) is 20.1 Å². The Hall–Kier alpha value is -2.73. The third kappa shape index (κ3) is 6.63. The van der Waals surface area contributed by atoms with Crippen molar-refractivity contribution < 1.29 is 19.1 Å². The van der Waals surface area contributed by atoms with Crippen LogP contribution in [-0.2, 0) is 6.54 Å². The van der Waals surface area contributed by atoms with Crippen LogP contribution >= 0.6 is 23.5 Å². The van der Waals surface area contributed by atoms with Gasteiger partial charge in [-0.25, -0.2) is 14.4 Å². The highest BCUT2D eigenvalue weighted by atomic mass is 32.2. The fourth-order valence-corrected chi connectivity index (χ4v) is 4.19. The monoisotopic (exact) mass is 475 g/mol. The number of aliphatic hydroxyl groups is 2. The highest BCUT2D eigenvalue weighted by Gasteiger charge is 2.14. The molecule has 0 saturated carbocycles. The number of halogens is 1. The predicted octanol–water partition coefficient (Wildman–Crippen LogP) is 2.97. The number of nitrogens with one attached hydrogen (secondary N) is 2. The summed E-state index contributed by atoms with van der Waals surface area (Å²) in [5.74, 6) is 0.788. The number of hydrogen-bond acceptors (Lipinski definition) is 10. The second kappa shape index (κ2) is 12.3. The van der Waals surface area contributed by atoms with Gasteiger partial charge in [0.1, 0.15) is 28.5 Å². The van der Waals surface area contributed by atoms with Crippen molar-refractivity contribution in [2.75, 3.05) is 24.7 Å². The standard InChI is InChI=1S/C21H22FN5O3S2/c22-15-4-2-1-3-14(15)12-24-18(17-5-8-30-27-17)11-16(23)20-25-13-19(31-9-6-28)21(26-20)32-10-7-29/h1-5,8,11,13,23-24,28-29H,6-7,9-10,12H2/b18-11-,23-16?. The molecule has 0 bridgehead atoms. The van der Waals surface area contributed by atoms with Gasteiger partial charge in [0.15, 0.2) is 5.82 Å². The van der Waals surface area contributed by atoms with E-state index < -0.39 is 0 Å². The zero-order valence-corrected chi connectivity index (χ0v) is 18.6. The molecule has 168 valence electrons. The average molecular weight is 476 g/mol. The van der Waals surface area contributed by atoms with Crippen LogP contribution in [0.3, 0.4) is 0 Å². The highest BCUT2D eigenvalue weighted by molar-refractivity contribution is 8.02. The van der Waals surface area contributed by atoms with E-state index in [1.807, 2.05) is 0 Å². The predicted molar refractivity (Wildman–Crippen MR) is 122 cm³/mol. The lowest BCUT2D eigenvalue weighted by Gasteiger charge is -2.11. The molecule has 4 N–H and O–H groups in total. The Bertz CT molecular complexity index is 1060. The summed E-state index contributed by atoms with van der Waals surface area (Å²) in [4.78, 5) is 9.52. The van der Waals surface area contributed by atoms with Crippen LogP contribution < -0.4 is 5.32 Å². The van der Waals surface area contributed by atoms with Gasteiger partial charge in [0, 0.05) is 35.9 Å². The lowest BCUT2D eigenvalue weighted by atomic mass is 10.2. The molecule has 2 aromatic heterocycles. The van der Waals surface area contributed by atoms with Gasteiger partial charge in [0.05, 0.1) is 23.8 Å². The number of thioether (sulfide) groups is 2. The van der Waals surface area contributed by atoms with Gasteiger partial charge in [-0.15, -0.1) is 23.5 Å². The van der Waals surface area contributed by atoms with Crippen LogP contribution in [0.4, 0.5) is 4.39 Å². The molecule has 2 heterocycles. The van der Waals surface area contributed by atoms with Crippen molar-refractivity contribution in [3.8, 4) is 0 Å². The molecule has 8 nitrogen and oxygen atoms in total. The van der Waals surface area contributed by atoms with E-state index in [1.54, 1.807) is 30.5 Å². The second-order valence-corrected chi connectivity index (χ2v) is 8.53. The zero-order chi connectivity index (χ0) is 22.8. The van der Waals surface area contributed by atoms with Crippen LogP contribution in [0.15, 0.2) is 63.3 Å². The maximum absolute atomic E-state index is 14.0. The molecule has 11 heteroatoms. The first-order valence-electron chi connectivity index (χ1n) is 9.65. The molecule has 0 aliphatic carbocycles. The molecule has 0 atom stereocenters. The number of benzene rings is 1. The Morgan fingerprint density at radius 2 is 1.94 bits per heavy atom. The average Bonchev–Trinajstić information content (AvgIpc) is 3.35. The summed E-state index contributed by atoms with van der Waals surface area (Å²) in [7, 11) is 0. The molecule has 3 rings (SSSR count). The van der Waals surface area contributed by atoms with Gasteiger partial charge in [-0.3, -0.25) is 5.41 Å². The second-order valence-electron chi connectivity index (χ2n) is 6.31. The summed E-state index contributed by atoms with van der Waals surface area (Å²) in [6, 6.07) is 8.05. The lowest BCUT2D eigenvalue weighted by molar-refractivity contribution is 0.322. The van der Waals surface area contributed by atoms with Crippen molar-refractivity contribution in [1.29, 1.82) is 5.41 Å². The molecule has 0 radical (unpaired) electrons. The first kappa shape index (κ1) is 23.9. The van der Waals surface area contributed by atoms with Gasteiger partial charge in [-0.05, 0) is 12.1 Å². The molecule has 3 aromatic rings. The number of rotatable bonds is 12. The zero-order valence-electron chi connectivity index (χ0n) is 17.0. The maximum Gasteiger partial charge on any atom is 0.178 e. The van der Waals surface area contributed by atoms with E-state index in [0.717, 1.165) is 4.90 Å². The third-order valence-corrected chi connectivity index (χ3v) is 6.17. The molecule has 0 spiro atoms. The Morgan fingerprint density at radius 1 is 1.16 bits per heavy atom. The Kier molecular flexibility index (Phi) is 9.23. The molecule has 0 fully saturated rings. The van der Waals surface area contributed by atoms with E-state index >= 15 is 0 Å². The quantitative estimate of drug-likeness (QED) is 0.177. The molecule has 0 aliphatic heterocycles. The summed E-state index contributed by atoms with van der Waals surface area (Å²) < 4.78 is 18.9. The number of nitrogens with zero attached hydrogens (tertiary/aromatic N) is 3. The first-order chi connectivity index (χ1) is 15.6. The molecule has 0 amide bonds. The van der Waals surface area contributed by atoms with Crippen molar-refractivity contribution in [3.05, 3.63) is 71.8 Å². The fraction of sp³-hybridized carbons (Fsp3) is 0.238. The number of aliphatic hydroxyl groups excluding tert-OH is 2. The van der Waals surface area contributed by atoms with E-state index in [2.05, 4.69) is 20.4 Å². The van der Waals surface area contributed by atoms with E-state index in [1.165, 1.54) is 41.9 Å². The SMILES string of the molecule is N=C(/C=C(\NCc1ccccc1F)c1ccon1)c1ncc(SCCO)c(SCCO)n1. The number of aromatic nitrogens is 3. The van der Waals surface area contributed by atoms with Crippen molar-refractivity contribution in [3.63, 3.8) is 0 Å². The summed E-state index contributed by atoms with van der Waals surface area (Å²) >= 11 is 2.75.